The van der Waals surface area contributed by atoms with Crippen molar-refractivity contribution in [2.75, 3.05) is 6.61 Å². The number of aromatic nitrogens is 2. The molecule has 2 amide bonds. The fourth-order valence-electron chi connectivity index (χ4n) is 2.94. The van der Waals surface area contributed by atoms with E-state index in [1.54, 1.807) is 13.8 Å². The van der Waals surface area contributed by atoms with Crippen LogP contribution in [0.1, 0.15) is 28.7 Å². The van der Waals surface area contributed by atoms with E-state index in [-0.39, 0.29) is 34.3 Å². The van der Waals surface area contributed by atoms with Crippen LogP contribution < -0.4 is 15.8 Å². The first-order chi connectivity index (χ1) is 14.7. The van der Waals surface area contributed by atoms with Crippen LogP contribution in [0.4, 0.5) is 13.6 Å². The third-order valence-electron chi connectivity index (χ3n) is 4.33. The number of rotatable bonds is 7. The highest BCUT2D eigenvalue weighted by atomic mass is 35.5. The summed E-state index contributed by atoms with van der Waals surface area (Å²) in [6, 6.07) is 4.42. The van der Waals surface area contributed by atoms with Gasteiger partial charge in [-0.15, -0.1) is 0 Å². The van der Waals surface area contributed by atoms with Gasteiger partial charge < -0.3 is 20.5 Å². The zero-order valence-electron chi connectivity index (χ0n) is 16.6. The van der Waals surface area contributed by atoms with Gasteiger partial charge in [0.25, 0.3) is 5.91 Å². The van der Waals surface area contributed by atoms with Crippen molar-refractivity contribution in [2.24, 2.45) is 5.73 Å². The summed E-state index contributed by atoms with van der Waals surface area (Å²) < 4.78 is 39.5. The summed E-state index contributed by atoms with van der Waals surface area (Å²) in [5.41, 5.74) is 5.46. The Kier molecular flexibility index (Phi) is 6.59. The summed E-state index contributed by atoms with van der Waals surface area (Å²) in [6.07, 6.45) is 0.513. The maximum absolute atomic E-state index is 13.9. The molecular weight excluding hydrogens is 434 g/mol. The number of fused-ring (bicyclic) bond motifs is 1. The molecule has 2 aromatic heterocycles. The first kappa shape index (κ1) is 22.3. The predicted octanol–water partition coefficient (Wildman–Crippen LogP) is 3.37. The molecule has 0 aliphatic rings. The van der Waals surface area contributed by atoms with Gasteiger partial charge in [0, 0.05) is 12.3 Å². The van der Waals surface area contributed by atoms with Crippen LogP contribution in [0.2, 0.25) is 5.02 Å². The highest BCUT2D eigenvalue weighted by molar-refractivity contribution is 6.30. The molecule has 1 atom stereocenters. The lowest BCUT2D eigenvalue weighted by Crippen LogP contribution is -2.38. The van der Waals surface area contributed by atoms with Crippen molar-refractivity contribution < 1.29 is 27.8 Å². The SMILES string of the molecule is Cc1nc2c(OCc3c(F)cccc3F)cc(Cl)cn2c1C(=O)NC(C)COC(N)=O. The molecule has 0 bridgehead atoms. The molecule has 3 N–H and O–H groups in total. The van der Waals surface area contributed by atoms with Gasteiger partial charge in [0.05, 0.1) is 22.3 Å². The Morgan fingerprint density at radius 3 is 2.65 bits per heavy atom. The molecule has 0 radical (unpaired) electrons. The Morgan fingerprint density at radius 2 is 2.00 bits per heavy atom. The Hall–Kier alpha value is -3.40. The number of halogens is 3. The number of nitrogens with one attached hydrogen (secondary N) is 1. The van der Waals surface area contributed by atoms with E-state index in [4.69, 9.17) is 22.1 Å². The first-order valence-electron chi connectivity index (χ1n) is 9.14. The Bertz CT molecular complexity index is 1130. The number of benzene rings is 1. The third-order valence-corrected chi connectivity index (χ3v) is 4.54. The number of aryl methyl sites for hydroxylation is 1. The highest BCUT2D eigenvalue weighted by Crippen LogP contribution is 2.28. The van der Waals surface area contributed by atoms with Crippen molar-refractivity contribution in [1.82, 2.24) is 14.7 Å². The molecule has 0 saturated carbocycles. The number of nitrogens with zero attached hydrogens (tertiary/aromatic N) is 2. The van der Waals surface area contributed by atoms with Crippen LogP contribution in [0.25, 0.3) is 5.65 Å². The van der Waals surface area contributed by atoms with E-state index < -0.39 is 36.3 Å². The van der Waals surface area contributed by atoms with Gasteiger partial charge in [0.15, 0.2) is 11.4 Å². The average molecular weight is 453 g/mol. The lowest BCUT2D eigenvalue weighted by molar-refractivity contribution is 0.0900. The number of amides is 2. The van der Waals surface area contributed by atoms with Crippen LogP contribution in [0.15, 0.2) is 30.5 Å². The molecule has 0 aliphatic carbocycles. The zero-order valence-corrected chi connectivity index (χ0v) is 17.4. The minimum absolute atomic E-state index is 0.111. The number of pyridine rings is 1. The fraction of sp³-hybridized carbons (Fsp3) is 0.250. The molecule has 2 heterocycles. The molecule has 3 rings (SSSR count). The number of carbonyl (C=O) groups is 2. The van der Waals surface area contributed by atoms with E-state index in [0.29, 0.717) is 5.69 Å². The molecule has 0 aliphatic heterocycles. The average Bonchev–Trinajstić information content (AvgIpc) is 3.01. The van der Waals surface area contributed by atoms with E-state index in [1.165, 1.54) is 22.7 Å². The van der Waals surface area contributed by atoms with E-state index in [0.717, 1.165) is 12.1 Å². The van der Waals surface area contributed by atoms with Crippen molar-refractivity contribution in [2.45, 2.75) is 26.5 Å². The second kappa shape index (κ2) is 9.17. The molecule has 0 saturated heterocycles. The van der Waals surface area contributed by atoms with Crippen LogP contribution >= 0.6 is 11.6 Å². The molecule has 164 valence electrons. The summed E-state index contributed by atoms with van der Waals surface area (Å²) in [7, 11) is 0. The second-order valence-corrected chi connectivity index (χ2v) is 7.19. The molecule has 31 heavy (non-hydrogen) atoms. The van der Waals surface area contributed by atoms with Crippen LogP contribution in [-0.4, -0.2) is 34.0 Å². The van der Waals surface area contributed by atoms with Gasteiger partial charge in [-0.1, -0.05) is 17.7 Å². The van der Waals surface area contributed by atoms with E-state index in [9.17, 15) is 18.4 Å². The molecule has 1 aromatic carbocycles. The van der Waals surface area contributed by atoms with Crippen molar-refractivity contribution in [3.63, 3.8) is 0 Å². The highest BCUT2D eigenvalue weighted by Gasteiger charge is 2.22. The van der Waals surface area contributed by atoms with Crippen molar-refractivity contribution in [3.05, 3.63) is 64.1 Å². The molecule has 0 fully saturated rings. The quantitative estimate of drug-likeness (QED) is 0.571. The van der Waals surface area contributed by atoms with Gasteiger partial charge in [-0.25, -0.2) is 18.6 Å². The maximum atomic E-state index is 13.9. The zero-order chi connectivity index (χ0) is 22.7. The minimum atomic E-state index is -0.952. The Labute approximate surface area is 180 Å². The first-order valence-corrected chi connectivity index (χ1v) is 9.52. The monoisotopic (exact) mass is 452 g/mol. The smallest absolute Gasteiger partial charge is 0.404 e. The van der Waals surface area contributed by atoms with Crippen molar-refractivity contribution in [1.29, 1.82) is 0 Å². The molecular formula is C20H19ClF2N4O4. The number of ether oxygens (including phenoxy) is 2. The second-order valence-electron chi connectivity index (χ2n) is 6.76. The fourth-order valence-corrected chi connectivity index (χ4v) is 3.13. The third kappa shape index (κ3) is 5.02. The summed E-state index contributed by atoms with van der Waals surface area (Å²) in [4.78, 5) is 27.8. The van der Waals surface area contributed by atoms with Crippen molar-refractivity contribution >= 4 is 29.2 Å². The summed E-state index contributed by atoms with van der Waals surface area (Å²) in [6.45, 7) is 2.73. The molecule has 0 spiro atoms. The minimum Gasteiger partial charge on any atom is -0.485 e. The van der Waals surface area contributed by atoms with Crippen molar-refractivity contribution in [3.8, 4) is 5.75 Å². The van der Waals surface area contributed by atoms with E-state index in [2.05, 4.69) is 15.0 Å². The van der Waals surface area contributed by atoms with Gasteiger partial charge in [-0.05, 0) is 26.0 Å². The van der Waals surface area contributed by atoms with E-state index in [1.807, 2.05) is 0 Å². The summed E-state index contributed by atoms with van der Waals surface area (Å²) in [5, 5.41) is 2.88. The number of carbonyl (C=O) groups excluding carboxylic acids is 2. The standard InChI is InChI=1S/C20H19ClF2N4O4/c1-10(8-31-20(24)29)25-19(28)17-11(2)26-18-16(6-12(21)7-27(17)18)30-9-13-14(22)4-3-5-15(13)23/h3-7,10H,8-9H2,1-2H3,(H2,24,29)(H,25,28). The lowest BCUT2D eigenvalue weighted by atomic mass is 10.2. The van der Waals surface area contributed by atoms with Gasteiger partial charge in [0.1, 0.15) is 30.5 Å². The maximum Gasteiger partial charge on any atom is 0.404 e. The number of imidazole rings is 1. The summed E-state index contributed by atoms with van der Waals surface area (Å²) in [5.74, 6) is -1.85. The van der Waals surface area contributed by atoms with Crippen LogP contribution in [0.3, 0.4) is 0 Å². The van der Waals surface area contributed by atoms with Gasteiger partial charge >= 0.3 is 6.09 Å². The number of nitrogens with two attached hydrogens (primary N) is 1. The number of hydrogen-bond acceptors (Lipinski definition) is 5. The van der Waals surface area contributed by atoms with Gasteiger partial charge in [0.2, 0.25) is 0 Å². The van der Waals surface area contributed by atoms with Crippen LogP contribution in [0, 0.1) is 18.6 Å². The topological polar surface area (TPSA) is 108 Å². The van der Waals surface area contributed by atoms with E-state index >= 15 is 0 Å². The molecule has 8 nitrogen and oxygen atoms in total. The largest absolute Gasteiger partial charge is 0.485 e. The van der Waals surface area contributed by atoms with Gasteiger partial charge in [-0.3, -0.25) is 9.20 Å². The van der Waals surface area contributed by atoms with Gasteiger partial charge in [-0.2, -0.15) is 0 Å². The van der Waals surface area contributed by atoms with Crippen LogP contribution in [-0.2, 0) is 11.3 Å². The Balaban J connectivity index is 1.89. The summed E-state index contributed by atoms with van der Waals surface area (Å²) >= 11 is 6.16. The van der Waals surface area contributed by atoms with Crippen LogP contribution in [0.5, 0.6) is 5.75 Å². The normalized spacial score (nSPS) is 11.9. The number of hydrogen-bond donors (Lipinski definition) is 2. The predicted molar refractivity (Wildman–Crippen MR) is 108 cm³/mol. The number of primary amides is 1. The Morgan fingerprint density at radius 1 is 1.32 bits per heavy atom. The lowest BCUT2D eigenvalue weighted by Gasteiger charge is -2.14. The molecule has 3 aromatic rings. The molecule has 1 unspecified atom stereocenters. The molecule has 11 heteroatoms.